The maximum absolute atomic E-state index is 12.6. The zero-order valence-electron chi connectivity index (χ0n) is 14.3. The van der Waals surface area contributed by atoms with E-state index < -0.39 is 5.54 Å². The number of nitrogens with one attached hydrogen (secondary N) is 1. The van der Waals surface area contributed by atoms with Gasteiger partial charge in [0, 0.05) is 32.9 Å². The van der Waals surface area contributed by atoms with E-state index in [1.807, 2.05) is 4.90 Å². The quantitative estimate of drug-likeness (QED) is 0.846. The molecule has 0 unspecified atom stereocenters. The molecular formula is C17H27N5O2. The van der Waals surface area contributed by atoms with E-state index in [-0.39, 0.29) is 11.8 Å². The molecule has 2 amide bonds. The lowest BCUT2D eigenvalue weighted by molar-refractivity contribution is -0.138. The summed E-state index contributed by atoms with van der Waals surface area (Å²) in [7, 11) is 1.79. The lowest BCUT2D eigenvalue weighted by Crippen LogP contribution is -2.55. The molecule has 24 heavy (non-hydrogen) atoms. The van der Waals surface area contributed by atoms with Crippen molar-refractivity contribution in [2.75, 3.05) is 19.6 Å². The molecule has 1 saturated heterocycles. The second-order valence-corrected chi connectivity index (χ2v) is 7.21. The van der Waals surface area contributed by atoms with E-state index in [0.29, 0.717) is 18.0 Å². The lowest BCUT2D eigenvalue weighted by Gasteiger charge is -2.36. The highest BCUT2D eigenvalue weighted by Crippen LogP contribution is 2.30. The number of amides is 2. The Hall–Kier alpha value is -1.89. The van der Waals surface area contributed by atoms with E-state index in [4.69, 9.17) is 5.73 Å². The van der Waals surface area contributed by atoms with Crippen molar-refractivity contribution in [2.24, 2.45) is 18.7 Å². The summed E-state index contributed by atoms with van der Waals surface area (Å²) >= 11 is 0. The number of likely N-dealkylation sites (tertiary alicyclic amines) is 1. The summed E-state index contributed by atoms with van der Waals surface area (Å²) in [5.41, 5.74) is 6.23. The van der Waals surface area contributed by atoms with Crippen molar-refractivity contribution in [3.8, 4) is 0 Å². The number of hydrogen-bond acceptors (Lipinski definition) is 4. The molecule has 0 radical (unpaired) electrons. The van der Waals surface area contributed by atoms with Crippen LogP contribution in [-0.2, 0) is 11.8 Å². The van der Waals surface area contributed by atoms with Crippen LogP contribution < -0.4 is 11.1 Å². The first-order chi connectivity index (χ1) is 11.5. The topological polar surface area (TPSA) is 93.2 Å². The molecule has 0 atom stereocenters. The van der Waals surface area contributed by atoms with E-state index in [2.05, 4.69) is 10.4 Å². The lowest BCUT2D eigenvalue weighted by atomic mass is 9.92. The molecule has 1 aliphatic heterocycles. The van der Waals surface area contributed by atoms with Crippen LogP contribution in [0.4, 0.5) is 0 Å². The van der Waals surface area contributed by atoms with Crippen LogP contribution in [0.25, 0.3) is 0 Å². The Kier molecular flexibility index (Phi) is 4.89. The number of piperidine rings is 1. The third-order valence-electron chi connectivity index (χ3n) is 5.34. The van der Waals surface area contributed by atoms with Gasteiger partial charge in [-0.05, 0) is 31.6 Å². The van der Waals surface area contributed by atoms with Crippen LogP contribution in [-0.4, -0.2) is 51.7 Å². The van der Waals surface area contributed by atoms with Crippen LogP contribution in [0.5, 0.6) is 0 Å². The predicted molar refractivity (Wildman–Crippen MR) is 90.2 cm³/mol. The maximum atomic E-state index is 12.6. The van der Waals surface area contributed by atoms with Crippen molar-refractivity contribution >= 4 is 11.8 Å². The van der Waals surface area contributed by atoms with Crippen molar-refractivity contribution in [1.29, 1.82) is 0 Å². The molecule has 132 valence electrons. The molecule has 2 heterocycles. The predicted octanol–water partition coefficient (Wildman–Crippen LogP) is 0.660. The number of carbonyl (C=O) groups excluding carboxylic acids is 2. The van der Waals surface area contributed by atoms with E-state index >= 15 is 0 Å². The first-order valence-electron chi connectivity index (χ1n) is 8.83. The molecule has 7 heteroatoms. The van der Waals surface area contributed by atoms with Gasteiger partial charge >= 0.3 is 0 Å². The van der Waals surface area contributed by atoms with Gasteiger partial charge in [-0.15, -0.1) is 0 Å². The van der Waals surface area contributed by atoms with Gasteiger partial charge in [-0.2, -0.15) is 5.10 Å². The second kappa shape index (κ2) is 6.93. The van der Waals surface area contributed by atoms with Crippen molar-refractivity contribution < 1.29 is 9.59 Å². The van der Waals surface area contributed by atoms with Gasteiger partial charge in [0.15, 0.2) is 0 Å². The number of aryl methyl sites for hydroxylation is 1. The smallest absolute Gasteiger partial charge is 0.254 e. The third-order valence-corrected chi connectivity index (χ3v) is 5.34. The molecule has 0 bridgehead atoms. The number of aromatic nitrogens is 2. The van der Waals surface area contributed by atoms with Crippen molar-refractivity contribution in [1.82, 2.24) is 20.0 Å². The highest BCUT2D eigenvalue weighted by Gasteiger charge is 2.40. The molecule has 7 nitrogen and oxygen atoms in total. The maximum Gasteiger partial charge on any atom is 0.254 e. The molecule has 1 aromatic rings. The van der Waals surface area contributed by atoms with Gasteiger partial charge in [-0.3, -0.25) is 14.3 Å². The summed E-state index contributed by atoms with van der Waals surface area (Å²) in [5, 5.41) is 6.97. The summed E-state index contributed by atoms with van der Waals surface area (Å²) in [6, 6.07) is 0. The Balaban J connectivity index is 1.43. The Morgan fingerprint density at radius 1 is 1.33 bits per heavy atom. The Morgan fingerprint density at radius 2 is 2.00 bits per heavy atom. The molecule has 1 aromatic heterocycles. The highest BCUT2D eigenvalue weighted by atomic mass is 16.2. The SMILES string of the molecule is Cn1cc(C(=O)NCC2CCN(C(=O)C3(N)CCCC3)CC2)cn1. The first-order valence-corrected chi connectivity index (χ1v) is 8.83. The van der Waals surface area contributed by atoms with E-state index in [0.717, 1.165) is 51.6 Å². The van der Waals surface area contributed by atoms with Gasteiger partial charge < -0.3 is 16.0 Å². The summed E-state index contributed by atoms with van der Waals surface area (Å²) in [4.78, 5) is 26.6. The number of nitrogens with two attached hydrogens (primary N) is 1. The zero-order valence-corrected chi connectivity index (χ0v) is 14.3. The molecule has 1 saturated carbocycles. The minimum absolute atomic E-state index is 0.0894. The normalized spacial score (nSPS) is 21.0. The molecule has 0 aromatic carbocycles. The van der Waals surface area contributed by atoms with Crippen molar-refractivity contribution in [2.45, 2.75) is 44.1 Å². The zero-order chi connectivity index (χ0) is 17.2. The molecule has 1 aliphatic carbocycles. The largest absolute Gasteiger partial charge is 0.352 e. The molecular weight excluding hydrogens is 306 g/mol. The van der Waals surface area contributed by atoms with E-state index in [1.165, 1.54) is 0 Å². The highest BCUT2D eigenvalue weighted by molar-refractivity contribution is 5.93. The summed E-state index contributed by atoms with van der Waals surface area (Å²) in [5.74, 6) is 0.443. The van der Waals surface area contributed by atoms with E-state index in [9.17, 15) is 9.59 Å². The van der Waals surface area contributed by atoms with Gasteiger partial charge in [-0.1, -0.05) is 12.8 Å². The number of hydrogen-bond donors (Lipinski definition) is 2. The molecule has 2 aliphatic rings. The minimum atomic E-state index is -0.624. The van der Waals surface area contributed by atoms with Crippen LogP contribution in [0.1, 0.15) is 48.9 Å². The average Bonchev–Trinajstić information content (AvgIpc) is 3.22. The number of nitrogens with zero attached hydrogens (tertiary/aromatic N) is 3. The average molecular weight is 333 g/mol. The number of carbonyl (C=O) groups is 2. The van der Waals surface area contributed by atoms with Crippen molar-refractivity contribution in [3.05, 3.63) is 18.0 Å². The van der Waals surface area contributed by atoms with Crippen LogP contribution >= 0.6 is 0 Å². The summed E-state index contributed by atoms with van der Waals surface area (Å²) in [6.45, 7) is 2.12. The third kappa shape index (κ3) is 3.61. The minimum Gasteiger partial charge on any atom is -0.352 e. The van der Waals surface area contributed by atoms with Crippen LogP contribution in [0, 0.1) is 5.92 Å². The Morgan fingerprint density at radius 3 is 2.58 bits per heavy atom. The van der Waals surface area contributed by atoms with Crippen molar-refractivity contribution in [3.63, 3.8) is 0 Å². The van der Waals surface area contributed by atoms with Gasteiger partial charge in [0.25, 0.3) is 5.91 Å². The fourth-order valence-corrected chi connectivity index (χ4v) is 3.75. The molecule has 3 N–H and O–H groups in total. The fourth-order valence-electron chi connectivity index (χ4n) is 3.75. The molecule has 0 spiro atoms. The second-order valence-electron chi connectivity index (χ2n) is 7.21. The van der Waals surface area contributed by atoms with Crippen LogP contribution in [0.2, 0.25) is 0 Å². The molecule has 2 fully saturated rings. The van der Waals surface area contributed by atoms with Gasteiger partial charge in [0.05, 0.1) is 17.3 Å². The number of rotatable bonds is 4. The van der Waals surface area contributed by atoms with Crippen LogP contribution in [0.3, 0.4) is 0 Å². The Bertz CT molecular complexity index is 598. The summed E-state index contributed by atoms with van der Waals surface area (Å²) in [6.07, 6.45) is 8.83. The standard InChI is InChI=1S/C17H27N5O2/c1-21-12-14(11-20-21)15(23)19-10-13-4-8-22(9-5-13)16(24)17(18)6-2-3-7-17/h11-13H,2-10,18H2,1H3,(H,19,23). The first kappa shape index (κ1) is 17.0. The van der Waals surface area contributed by atoms with Gasteiger partial charge in [0.1, 0.15) is 0 Å². The van der Waals surface area contributed by atoms with Crippen LogP contribution in [0.15, 0.2) is 12.4 Å². The monoisotopic (exact) mass is 333 g/mol. The fraction of sp³-hybridized carbons (Fsp3) is 0.706. The van der Waals surface area contributed by atoms with Gasteiger partial charge in [0.2, 0.25) is 5.91 Å². The Labute approximate surface area is 142 Å². The molecule has 3 rings (SSSR count). The van der Waals surface area contributed by atoms with E-state index in [1.54, 1.807) is 24.1 Å². The van der Waals surface area contributed by atoms with Gasteiger partial charge in [-0.25, -0.2) is 0 Å². The summed E-state index contributed by atoms with van der Waals surface area (Å²) < 4.78 is 1.62.